The molecule has 1 aromatic carbocycles. The zero-order valence-corrected chi connectivity index (χ0v) is 13.4. The topological polar surface area (TPSA) is 64.0 Å². The monoisotopic (exact) mass is 317 g/mol. The van der Waals surface area contributed by atoms with Crippen LogP contribution in [0, 0.1) is 0 Å². The van der Waals surface area contributed by atoms with Crippen LogP contribution in [0.1, 0.15) is 37.4 Å². The Morgan fingerprint density at radius 1 is 1.32 bits per heavy atom. The Balaban J connectivity index is 1.95. The van der Waals surface area contributed by atoms with E-state index in [0.717, 1.165) is 29.8 Å². The molecule has 0 fully saturated rings. The number of rotatable bonds is 5. The summed E-state index contributed by atoms with van der Waals surface area (Å²) in [7, 11) is -0.910. The molecule has 0 radical (unpaired) electrons. The lowest BCUT2D eigenvalue weighted by Gasteiger charge is -2.10. The Hall–Kier alpha value is -1.95. The van der Waals surface area contributed by atoms with Gasteiger partial charge in [0.2, 0.25) is 5.91 Å². The van der Waals surface area contributed by atoms with Gasteiger partial charge in [-0.1, -0.05) is 31.5 Å². The fraction of sp³-hybridized carbons (Fsp3) is 0.375. The number of aromatic nitrogens is 2. The van der Waals surface area contributed by atoms with E-state index in [-0.39, 0.29) is 5.91 Å². The molecule has 2 heterocycles. The maximum atomic E-state index is 12.1. The highest BCUT2D eigenvalue weighted by Gasteiger charge is 2.28. The first kappa shape index (κ1) is 15.0. The summed E-state index contributed by atoms with van der Waals surface area (Å²) in [5, 5.41) is 7.53. The van der Waals surface area contributed by atoms with E-state index < -0.39 is 10.8 Å². The van der Waals surface area contributed by atoms with Gasteiger partial charge in [0, 0.05) is 22.8 Å². The van der Waals surface area contributed by atoms with Gasteiger partial charge in [-0.15, -0.1) is 0 Å². The summed E-state index contributed by atoms with van der Waals surface area (Å²) in [6.07, 6.45) is 2.33. The van der Waals surface area contributed by atoms with E-state index in [1.54, 1.807) is 4.68 Å². The van der Waals surface area contributed by atoms with E-state index >= 15 is 0 Å². The Morgan fingerprint density at radius 2 is 2.09 bits per heavy atom. The zero-order valence-electron chi connectivity index (χ0n) is 12.5. The van der Waals surface area contributed by atoms with Crippen LogP contribution < -0.4 is 5.32 Å². The number of carbonyl (C=O) groups is 1. The van der Waals surface area contributed by atoms with Crippen molar-refractivity contribution >= 4 is 22.5 Å². The molecule has 1 amide bonds. The minimum Gasteiger partial charge on any atom is -0.310 e. The third-order valence-electron chi connectivity index (χ3n) is 3.69. The fourth-order valence-electron chi connectivity index (χ4n) is 2.54. The third-order valence-corrected chi connectivity index (χ3v) is 4.89. The van der Waals surface area contributed by atoms with Crippen LogP contribution in [0.4, 0.5) is 5.82 Å². The van der Waals surface area contributed by atoms with Gasteiger partial charge in [0.25, 0.3) is 0 Å². The molecule has 1 aromatic heterocycles. The van der Waals surface area contributed by atoms with E-state index in [0.29, 0.717) is 23.7 Å². The van der Waals surface area contributed by atoms with Crippen LogP contribution in [0.3, 0.4) is 0 Å². The molecule has 0 spiro atoms. The molecule has 1 N–H and O–H groups in total. The van der Waals surface area contributed by atoms with Gasteiger partial charge in [-0.25, -0.2) is 4.68 Å². The Kier molecular flexibility index (Phi) is 4.38. The standard InChI is InChI=1S/C16H19N3O2S/c1-2-3-9-15(20)17-16-13-10-22(21)11-14(13)18-19(16)12-7-5-4-6-8-12/h4-8H,2-3,9-11H2,1H3,(H,17,20)/t22-/m0/s1. The number of amides is 1. The van der Waals surface area contributed by atoms with Gasteiger partial charge in [-0.3, -0.25) is 9.00 Å². The molecule has 1 aliphatic rings. The van der Waals surface area contributed by atoms with Crippen LogP contribution in [0.2, 0.25) is 0 Å². The number of hydrogen-bond donors (Lipinski definition) is 1. The first-order valence-corrected chi connectivity index (χ1v) is 8.99. The summed E-state index contributed by atoms with van der Waals surface area (Å²) in [6, 6.07) is 9.70. The van der Waals surface area contributed by atoms with Crippen LogP contribution in [0.15, 0.2) is 30.3 Å². The summed E-state index contributed by atoms with van der Waals surface area (Å²) in [5.41, 5.74) is 2.63. The van der Waals surface area contributed by atoms with Crippen LogP contribution in [-0.4, -0.2) is 19.9 Å². The van der Waals surface area contributed by atoms with Gasteiger partial charge in [-0.05, 0) is 18.6 Å². The minimum absolute atomic E-state index is 0.0144. The molecule has 22 heavy (non-hydrogen) atoms. The number of fused-ring (bicyclic) bond motifs is 1. The van der Waals surface area contributed by atoms with Crippen LogP contribution >= 0.6 is 0 Å². The van der Waals surface area contributed by atoms with Crippen molar-refractivity contribution in [3.63, 3.8) is 0 Å². The van der Waals surface area contributed by atoms with Crippen LogP contribution in [-0.2, 0) is 27.1 Å². The number of unbranched alkanes of at least 4 members (excludes halogenated alkanes) is 1. The normalized spacial score (nSPS) is 16.5. The zero-order chi connectivity index (χ0) is 15.5. The number of para-hydroxylation sites is 1. The summed E-state index contributed by atoms with van der Waals surface area (Å²) in [4.78, 5) is 12.1. The largest absolute Gasteiger partial charge is 0.310 e. The van der Waals surface area contributed by atoms with Crippen molar-refractivity contribution in [1.29, 1.82) is 0 Å². The number of benzene rings is 1. The number of hydrogen-bond acceptors (Lipinski definition) is 3. The van der Waals surface area contributed by atoms with Gasteiger partial charge in [0.15, 0.2) is 0 Å². The summed E-state index contributed by atoms with van der Waals surface area (Å²) in [5.74, 6) is 1.59. The second kappa shape index (κ2) is 6.44. The first-order valence-electron chi connectivity index (χ1n) is 7.50. The maximum absolute atomic E-state index is 12.1. The molecule has 0 saturated heterocycles. The molecule has 0 unspecified atom stereocenters. The average molecular weight is 317 g/mol. The molecule has 116 valence electrons. The Morgan fingerprint density at radius 3 is 2.82 bits per heavy atom. The van der Waals surface area contributed by atoms with Gasteiger partial charge >= 0.3 is 0 Å². The van der Waals surface area contributed by atoms with Crippen molar-refractivity contribution < 1.29 is 9.00 Å². The average Bonchev–Trinajstić information content (AvgIpc) is 3.03. The van der Waals surface area contributed by atoms with Gasteiger partial charge in [-0.2, -0.15) is 5.10 Å². The van der Waals surface area contributed by atoms with E-state index in [9.17, 15) is 9.00 Å². The molecule has 1 aliphatic heterocycles. The molecular formula is C16H19N3O2S. The Labute approximate surface area is 132 Å². The predicted octanol–water partition coefficient (Wildman–Crippen LogP) is 2.76. The lowest BCUT2D eigenvalue weighted by Crippen LogP contribution is -2.16. The van der Waals surface area contributed by atoms with Gasteiger partial charge in [0.05, 0.1) is 22.9 Å². The third kappa shape index (κ3) is 2.97. The number of nitrogens with one attached hydrogen (secondary N) is 1. The quantitative estimate of drug-likeness (QED) is 0.922. The highest BCUT2D eigenvalue weighted by Crippen LogP contribution is 2.31. The number of anilines is 1. The molecule has 5 nitrogen and oxygen atoms in total. The fourth-order valence-corrected chi connectivity index (χ4v) is 3.81. The molecule has 6 heteroatoms. The first-order chi connectivity index (χ1) is 10.7. The predicted molar refractivity (Wildman–Crippen MR) is 87.3 cm³/mol. The van der Waals surface area contributed by atoms with Crippen molar-refractivity contribution in [1.82, 2.24) is 9.78 Å². The maximum Gasteiger partial charge on any atom is 0.225 e. The SMILES string of the molecule is CCCCC(=O)Nc1c2c(nn1-c1ccccc1)C[S@@](=O)C2. The van der Waals surface area contributed by atoms with Crippen molar-refractivity contribution in [2.75, 3.05) is 5.32 Å². The van der Waals surface area contributed by atoms with Crippen molar-refractivity contribution in [3.8, 4) is 5.69 Å². The van der Waals surface area contributed by atoms with Crippen molar-refractivity contribution in [3.05, 3.63) is 41.6 Å². The second-order valence-corrected chi connectivity index (χ2v) is 6.86. The highest BCUT2D eigenvalue weighted by molar-refractivity contribution is 7.83. The summed E-state index contributed by atoms with van der Waals surface area (Å²) < 4.78 is 13.5. The second-order valence-electron chi connectivity index (χ2n) is 5.40. The van der Waals surface area contributed by atoms with Gasteiger partial charge < -0.3 is 5.32 Å². The molecule has 3 rings (SSSR count). The molecule has 0 saturated carbocycles. The van der Waals surface area contributed by atoms with E-state index in [1.165, 1.54) is 0 Å². The number of nitrogens with zero attached hydrogens (tertiary/aromatic N) is 2. The molecule has 0 bridgehead atoms. The lowest BCUT2D eigenvalue weighted by molar-refractivity contribution is -0.116. The van der Waals surface area contributed by atoms with E-state index in [2.05, 4.69) is 17.3 Å². The van der Waals surface area contributed by atoms with Crippen molar-refractivity contribution in [2.45, 2.75) is 37.7 Å². The van der Waals surface area contributed by atoms with E-state index in [1.807, 2.05) is 30.3 Å². The van der Waals surface area contributed by atoms with E-state index in [4.69, 9.17) is 0 Å². The van der Waals surface area contributed by atoms with Gasteiger partial charge in [0.1, 0.15) is 5.82 Å². The highest BCUT2D eigenvalue weighted by atomic mass is 32.2. The Bertz CT molecular complexity index is 710. The van der Waals surface area contributed by atoms with Crippen LogP contribution in [0.25, 0.3) is 5.69 Å². The van der Waals surface area contributed by atoms with Crippen molar-refractivity contribution in [2.24, 2.45) is 0 Å². The lowest BCUT2D eigenvalue weighted by atomic mass is 10.2. The molecule has 1 atom stereocenters. The smallest absolute Gasteiger partial charge is 0.225 e. The molecular weight excluding hydrogens is 298 g/mol. The summed E-state index contributed by atoms with van der Waals surface area (Å²) in [6.45, 7) is 2.06. The van der Waals surface area contributed by atoms with Crippen LogP contribution in [0.5, 0.6) is 0 Å². The summed E-state index contributed by atoms with van der Waals surface area (Å²) >= 11 is 0. The molecule has 0 aliphatic carbocycles. The molecule has 2 aromatic rings. The number of carbonyl (C=O) groups excluding carboxylic acids is 1. The minimum atomic E-state index is -0.910.